The van der Waals surface area contributed by atoms with Crippen molar-refractivity contribution in [2.45, 2.75) is 58.7 Å². The maximum absolute atomic E-state index is 14.4. The van der Waals surface area contributed by atoms with Gasteiger partial charge in [-0.1, -0.05) is 20.8 Å². The highest BCUT2D eigenvalue weighted by molar-refractivity contribution is 6.03. The molecule has 0 unspecified atom stereocenters. The second kappa shape index (κ2) is 14.3. The van der Waals surface area contributed by atoms with Gasteiger partial charge in [0.05, 0.1) is 30.0 Å². The molecular formula is C30H37ClF3N7O4. The molecule has 2 aromatic carbocycles. The molecule has 0 saturated carbocycles. The van der Waals surface area contributed by atoms with Crippen LogP contribution in [0.5, 0.6) is 5.75 Å². The van der Waals surface area contributed by atoms with E-state index in [9.17, 15) is 27.6 Å². The summed E-state index contributed by atoms with van der Waals surface area (Å²) in [6, 6.07) is 2.63. The number of benzene rings is 2. The van der Waals surface area contributed by atoms with Crippen molar-refractivity contribution in [3.8, 4) is 5.75 Å². The fourth-order valence-electron chi connectivity index (χ4n) is 4.93. The number of carbonyl (C=O) groups excluding carboxylic acids is 3. The van der Waals surface area contributed by atoms with Gasteiger partial charge in [0.2, 0.25) is 17.7 Å². The van der Waals surface area contributed by atoms with Gasteiger partial charge in [0.25, 0.3) is 0 Å². The van der Waals surface area contributed by atoms with Crippen LogP contribution in [0.15, 0.2) is 30.6 Å². The number of fused-ring (bicyclic) bond motifs is 1. The Morgan fingerprint density at radius 3 is 2.42 bits per heavy atom. The molecule has 1 aliphatic heterocycles. The Morgan fingerprint density at radius 2 is 1.78 bits per heavy atom. The summed E-state index contributed by atoms with van der Waals surface area (Å²) >= 11 is 0. The van der Waals surface area contributed by atoms with Gasteiger partial charge in [-0.15, -0.1) is 12.4 Å². The standard InChI is InChI=1S/C30H36F3N7O4.ClH/c1-15(34-5)27(41)39-25(30(2,3)4)29(43)40-11-7-8-21(40)28(42)38-20-12-16-19(13-22(20)44-6)35-14-36-26(16)37-18-10-9-17(31)23(32)24(18)33;/h9-10,12-15,21,25,34H,7-8,11H2,1-6H3,(H,38,42)(H,39,41)(H,35,36,37);1H/t15-,21-,25+;/m0./s1. The lowest BCUT2D eigenvalue weighted by Gasteiger charge is -2.36. The van der Waals surface area contributed by atoms with Gasteiger partial charge in [-0.25, -0.2) is 23.1 Å². The Balaban J connectivity index is 0.00000552. The summed E-state index contributed by atoms with van der Waals surface area (Å²) in [5.74, 6) is -5.25. The fraction of sp³-hybridized carbons (Fsp3) is 0.433. The lowest BCUT2D eigenvalue weighted by Crippen LogP contribution is -2.59. The molecular weight excluding hydrogens is 615 g/mol. The van der Waals surface area contributed by atoms with Gasteiger partial charge in [-0.2, -0.15) is 0 Å². The third-order valence-electron chi connectivity index (χ3n) is 7.57. The Bertz CT molecular complexity index is 1590. The van der Waals surface area contributed by atoms with Crippen LogP contribution in [0, 0.1) is 22.9 Å². The van der Waals surface area contributed by atoms with Crippen molar-refractivity contribution in [3.05, 3.63) is 48.0 Å². The summed E-state index contributed by atoms with van der Waals surface area (Å²) in [6.07, 6.45) is 2.18. The quantitative estimate of drug-likeness (QED) is 0.252. The normalized spacial score (nSPS) is 16.0. The highest BCUT2D eigenvalue weighted by atomic mass is 35.5. The van der Waals surface area contributed by atoms with Crippen molar-refractivity contribution in [1.29, 1.82) is 0 Å². The summed E-state index contributed by atoms with van der Waals surface area (Å²) in [5, 5.41) is 11.5. The first-order valence-corrected chi connectivity index (χ1v) is 14.1. The number of amides is 3. The highest BCUT2D eigenvalue weighted by Crippen LogP contribution is 2.35. The Kier molecular flexibility index (Phi) is 11.2. The number of likely N-dealkylation sites (tertiary alicyclic amines) is 1. The first kappa shape index (κ1) is 35.3. The van der Waals surface area contributed by atoms with E-state index in [1.165, 1.54) is 30.5 Å². The van der Waals surface area contributed by atoms with E-state index in [2.05, 4.69) is 31.2 Å². The number of aromatic nitrogens is 2. The molecule has 15 heteroatoms. The van der Waals surface area contributed by atoms with Crippen molar-refractivity contribution >= 4 is 58.2 Å². The van der Waals surface area contributed by atoms with E-state index < -0.39 is 46.9 Å². The molecule has 1 aromatic heterocycles. The van der Waals surface area contributed by atoms with Gasteiger partial charge < -0.3 is 30.9 Å². The first-order chi connectivity index (χ1) is 20.8. The van der Waals surface area contributed by atoms with Crippen molar-refractivity contribution in [2.75, 3.05) is 31.3 Å². The number of halogens is 4. The Hall–Kier alpha value is -4.17. The van der Waals surface area contributed by atoms with Crippen LogP contribution >= 0.6 is 12.4 Å². The summed E-state index contributed by atoms with van der Waals surface area (Å²) in [6.45, 7) is 7.53. The summed E-state index contributed by atoms with van der Waals surface area (Å²) < 4.78 is 47.2. The van der Waals surface area contributed by atoms with E-state index >= 15 is 0 Å². The van der Waals surface area contributed by atoms with E-state index in [0.29, 0.717) is 30.3 Å². The van der Waals surface area contributed by atoms with Gasteiger partial charge in [-0.3, -0.25) is 14.4 Å². The molecule has 4 N–H and O–H groups in total. The van der Waals surface area contributed by atoms with E-state index in [1.807, 2.05) is 20.8 Å². The molecule has 3 amide bonds. The minimum atomic E-state index is -1.64. The van der Waals surface area contributed by atoms with E-state index in [0.717, 1.165) is 12.1 Å². The third kappa shape index (κ3) is 7.56. The molecule has 3 aromatic rings. The zero-order valence-electron chi connectivity index (χ0n) is 25.8. The van der Waals surface area contributed by atoms with Crippen LogP contribution < -0.4 is 26.0 Å². The lowest BCUT2D eigenvalue weighted by molar-refractivity contribution is -0.143. The van der Waals surface area contributed by atoms with Crippen LogP contribution in [0.4, 0.5) is 30.4 Å². The zero-order chi connectivity index (χ0) is 32.3. The van der Waals surface area contributed by atoms with Crippen LogP contribution in [-0.2, 0) is 14.4 Å². The zero-order valence-corrected chi connectivity index (χ0v) is 26.6. The molecule has 11 nitrogen and oxygen atoms in total. The van der Waals surface area contributed by atoms with Crippen molar-refractivity contribution in [2.24, 2.45) is 5.41 Å². The predicted octanol–water partition coefficient (Wildman–Crippen LogP) is 4.29. The fourth-order valence-corrected chi connectivity index (χ4v) is 4.93. The largest absolute Gasteiger partial charge is 0.494 e. The Labute approximate surface area is 265 Å². The van der Waals surface area contributed by atoms with Gasteiger partial charge in [0, 0.05) is 18.0 Å². The maximum atomic E-state index is 14.4. The topological polar surface area (TPSA) is 138 Å². The van der Waals surface area contributed by atoms with Gasteiger partial charge >= 0.3 is 0 Å². The Morgan fingerprint density at radius 1 is 1.07 bits per heavy atom. The number of carbonyl (C=O) groups is 3. The summed E-state index contributed by atoms with van der Waals surface area (Å²) in [7, 11) is 3.05. The minimum absolute atomic E-state index is 0. The number of nitrogens with zero attached hydrogens (tertiary/aromatic N) is 3. The number of hydrogen-bond acceptors (Lipinski definition) is 8. The average Bonchev–Trinajstić information content (AvgIpc) is 3.49. The second-order valence-corrected chi connectivity index (χ2v) is 11.6. The number of ether oxygens (including phenoxy) is 1. The molecule has 1 fully saturated rings. The van der Waals surface area contributed by atoms with Crippen LogP contribution in [0.25, 0.3) is 10.9 Å². The number of anilines is 3. The van der Waals surface area contributed by atoms with E-state index in [4.69, 9.17) is 4.74 Å². The molecule has 244 valence electrons. The molecule has 45 heavy (non-hydrogen) atoms. The van der Waals surface area contributed by atoms with Crippen molar-refractivity contribution in [3.63, 3.8) is 0 Å². The summed E-state index contributed by atoms with van der Waals surface area (Å²) in [4.78, 5) is 49.9. The van der Waals surface area contributed by atoms with E-state index in [1.54, 1.807) is 14.0 Å². The molecule has 3 atom stereocenters. The highest BCUT2D eigenvalue weighted by Gasteiger charge is 2.42. The number of nitrogens with one attached hydrogen (secondary N) is 4. The first-order valence-electron chi connectivity index (χ1n) is 14.1. The maximum Gasteiger partial charge on any atom is 0.247 e. The summed E-state index contributed by atoms with van der Waals surface area (Å²) in [5.41, 5.74) is -0.411. The molecule has 0 aliphatic carbocycles. The molecule has 0 spiro atoms. The average molecular weight is 652 g/mol. The van der Waals surface area contributed by atoms with Crippen LogP contribution in [0.2, 0.25) is 0 Å². The van der Waals surface area contributed by atoms with Crippen molar-refractivity contribution < 1.29 is 32.3 Å². The minimum Gasteiger partial charge on any atom is -0.494 e. The molecule has 4 rings (SSSR count). The molecule has 0 bridgehead atoms. The molecule has 1 saturated heterocycles. The lowest BCUT2D eigenvalue weighted by atomic mass is 9.85. The van der Waals surface area contributed by atoms with Crippen molar-refractivity contribution in [1.82, 2.24) is 25.5 Å². The van der Waals surface area contributed by atoms with Crippen LogP contribution in [0.1, 0.15) is 40.5 Å². The van der Waals surface area contributed by atoms with Crippen LogP contribution in [0.3, 0.4) is 0 Å². The SMILES string of the molecule is CN[C@@H](C)C(=O)N[C@H](C(=O)N1CCC[C@H]1C(=O)Nc1cc2c(Nc3ccc(F)c(F)c3F)ncnc2cc1OC)C(C)(C)C.Cl. The predicted molar refractivity (Wildman–Crippen MR) is 166 cm³/mol. The molecule has 1 aliphatic rings. The second-order valence-electron chi connectivity index (χ2n) is 11.6. The number of rotatable bonds is 9. The third-order valence-corrected chi connectivity index (χ3v) is 7.57. The van der Waals surface area contributed by atoms with E-state index in [-0.39, 0.29) is 47.2 Å². The van der Waals surface area contributed by atoms with Gasteiger partial charge in [0.1, 0.15) is 30.0 Å². The van der Waals surface area contributed by atoms with Crippen LogP contribution in [-0.4, -0.2) is 71.4 Å². The molecule has 2 heterocycles. The van der Waals surface area contributed by atoms with Gasteiger partial charge in [0.15, 0.2) is 17.5 Å². The molecule has 0 radical (unpaired) electrons. The smallest absolute Gasteiger partial charge is 0.247 e. The number of methoxy groups -OCH3 is 1. The number of hydrogen-bond donors (Lipinski definition) is 4. The van der Waals surface area contributed by atoms with Gasteiger partial charge in [-0.05, 0) is 50.4 Å². The monoisotopic (exact) mass is 651 g/mol. The number of likely N-dealkylation sites (N-methyl/N-ethyl adjacent to an activating group) is 1.